The average molecular weight is 312 g/mol. The summed E-state index contributed by atoms with van der Waals surface area (Å²) in [6.45, 7) is 6.96. The van der Waals surface area contributed by atoms with Gasteiger partial charge in [0.05, 0.1) is 39.6 Å². The minimum atomic E-state index is -0.667. The zero-order valence-corrected chi connectivity index (χ0v) is 14.0. The number of aliphatic hydroxyl groups excluding tert-OH is 6. The molecule has 0 aromatic heterocycles. The number of hydrogen-bond donors (Lipinski definition) is 6. The van der Waals surface area contributed by atoms with Gasteiger partial charge in [0.25, 0.3) is 0 Å². The molecule has 132 valence electrons. The lowest BCUT2D eigenvalue weighted by Crippen LogP contribution is -2.32. The van der Waals surface area contributed by atoms with Gasteiger partial charge in [0.2, 0.25) is 0 Å². The van der Waals surface area contributed by atoms with Crippen molar-refractivity contribution in [2.75, 3.05) is 39.6 Å². The Hall–Kier alpha value is -0.240. The second-order valence-electron chi connectivity index (χ2n) is 5.36. The lowest BCUT2D eigenvalue weighted by Gasteiger charge is -2.24. The van der Waals surface area contributed by atoms with Crippen molar-refractivity contribution in [3.8, 4) is 0 Å². The second kappa shape index (κ2) is 16.1. The molecule has 0 aromatic rings. The fraction of sp³-hybridized carbons (Fsp3) is 1.00. The summed E-state index contributed by atoms with van der Waals surface area (Å²) in [5, 5.41) is 51.9. The number of aliphatic hydroxyl groups is 6. The lowest BCUT2D eigenvalue weighted by atomic mass is 9.88. The van der Waals surface area contributed by atoms with Gasteiger partial charge in [-0.2, -0.15) is 0 Å². The summed E-state index contributed by atoms with van der Waals surface area (Å²) in [6.07, 6.45) is 2.44. The van der Waals surface area contributed by atoms with Gasteiger partial charge in [0.1, 0.15) is 0 Å². The summed E-state index contributed by atoms with van der Waals surface area (Å²) in [5.74, 6) is 0. The first-order chi connectivity index (χ1) is 9.90. The van der Waals surface area contributed by atoms with Crippen LogP contribution >= 0.6 is 0 Å². The molecule has 0 unspecified atom stereocenters. The molecule has 0 aromatic carbocycles. The Kier molecular flexibility index (Phi) is 19.7. The summed E-state index contributed by atoms with van der Waals surface area (Å²) >= 11 is 0. The zero-order chi connectivity index (χ0) is 17.4. The molecule has 0 spiro atoms. The largest absolute Gasteiger partial charge is 0.396 e. The summed E-state index contributed by atoms with van der Waals surface area (Å²) in [4.78, 5) is 0. The third-order valence-corrected chi connectivity index (χ3v) is 3.51. The van der Waals surface area contributed by atoms with E-state index in [4.69, 9.17) is 30.6 Å². The van der Waals surface area contributed by atoms with Crippen molar-refractivity contribution in [3.63, 3.8) is 0 Å². The molecule has 0 fully saturated rings. The van der Waals surface area contributed by atoms with Crippen LogP contribution in [0, 0.1) is 10.8 Å². The first-order valence-electron chi connectivity index (χ1n) is 7.55. The van der Waals surface area contributed by atoms with E-state index in [1.165, 1.54) is 6.42 Å². The smallest absolute Gasteiger partial charge is 0.0531 e. The predicted octanol–water partition coefficient (Wildman–Crippen LogP) is 0.136. The normalized spacial score (nSPS) is 11.1. The van der Waals surface area contributed by atoms with Gasteiger partial charge < -0.3 is 30.6 Å². The van der Waals surface area contributed by atoms with E-state index in [-0.39, 0.29) is 39.6 Å². The molecule has 0 heterocycles. The van der Waals surface area contributed by atoms with Crippen LogP contribution in [0.25, 0.3) is 0 Å². The van der Waals surface area contributed by atoms with Crippen molar-refractivity contribution < 1.29 is 30.6 Å². The molecular weight excluding hydrogens is 276 g/mol. The third kappa shape index (κ3) is 11.0. The van der Waals surface area contributed by atoms with Crippen LogP contribution in [0.5, 0.6) is 0 Å². The van der Waals surface area contributed by atoms with E-state index in [0.717, 1.165) is 0 Å². The fourth-order valence-electron chi connectivity index (χ4n) is 0.971. The van der Waals surface area contributed by atoms with Gasteiger partial charge >= 0.3 is 0 Å². The Morgan fingerprint density at radius 1 is 0.476 bits per heavy atom. The monoisotopic (exact) mass is 312 g/mol. The minimum Gasteiger partial charge on any atom is -0.396 e. The molecule has 0 atom stereocenters. The number of hydrogen-bond acceptors (Lipinski definition) is 6. The minimum absolute atomic E-state index is 0.156. The third-order valence-electron chi connectivity index (χ3n) is 3.51. The topological polar surface area (TPSA) is 121 Å². The van der Waals surface area contributed by atoms with Gasteiger partial charge in [-0.15, -0.1) is 0 Å². The molecule has 0 amide bonds. The SMILES string of the molecule is CCC.CCC(CO)(CO)CO.CCC(CO)(CO)CO. The van der Waals surface area contributed by atoms with Crippen LogP contribution in [0.1, 0.15) is 47.0 Å². The maximum absolute atomic E-state index is 8.66. The van der Waals surface area contributed by atoms with Crippen LogP contribution < -0.4 is 0 Å². The zero-order valence-electron chi connectivity index (χ0n) is 14.0. The molecule has 0 rings (SSSR count). The van der Waals surface area contributed by atoms with Crippen molar-refractivity contribution in [2.45, 2.75) is 47.0 Å². The Labute approximate surface area is 129 Å². The first-order valence-corrected chi connectivity index (χ1v) is 7.55. The lowest BCUT2D eigenvalue weighted by molar-refractivity contribution is 0.00275. The standard InChI is InChI=1S/2C6H14O3.C3H8/c2*1-2-6(3-7,4-8)5-9;1-3-2/h2*7-9H,2-5H2,1H3;3H2,1-2H3. The van der Waals surface area contributed by atoms with Gasteiger partial charge in [0.15, 0.2) is 0 Å². The maximum atomic E-state index is 8.66. The fourth-order valence-corrected chi connectivity index (χ4v) is 0.971. The van der Waals surface area contributed by atoms with E-state index >= 15 is 0 Å². The molecule has 6 heteroatoms. The van der Waals surface area contributed by atoms with Crippen LogP contribution in [0.2, 0.25) is 0 Å². The molecule has 0 radical (unpaired) electrons. The summed E-state index contributed by atoms with van der Waals surface area (Å²) in [7, 11) is 0. The first kappa shape index (κ1) is 25.7. The van der Waals surface area contributed by atoms with E-state index in [0.29, 0.717) is 12.8 Å². The van der Waals surface area contributed by atoms with Crippen molar-refractivity contribution in [1.82, 2.24) is 0 Å². The van der Waals surface area contributed by atoms with E-state index in [1.807, 2.05) is 13.8 Å². The summed E-state index contributed by atoms with van der Waals surface area (Å²) in [6, 6.07) is 0. The molecule has 0 aliphatic rings. The van der Waals surface area contributed by atoms with Gasteiger partial charge in [0, 0.05) is 10.8 Å². The Morgan fingerprint density at radius 3 is 0.619 bits per heavy atom. The number of rotatable bonds is 8. The Balaban J connectivity index is -0.000000260. The molecule has 0 saturated carbocycles. The molecule has 0 aliphatic heterocycles. The second-order valence-corrected chi connectivity index (χ2v) is 5.36. The molecule has 6 nitrogen and oxygen atoms in total. The van der Waals surface area contributed by atoms with Crippen molar-refractivity contribution in [3.05, 3.63) is 0 Å². The van der Waals surface area contributed by atoms with Crippen LogP contribution in [-0.2, 0) is 0 Å². The van der Waals surface area contributed by atoms with E-state index < -0.39 is 10.8 Å². The summed E-state index contributed by atoms with van der Waals surface area (Å²) < 4.78 is 0. The summed E-state index contributed by atoms with van der Waals surface area (Å²) in [5.41, 5.74) is -1.33. The van der Waals surface area contributed by atoms with Crippen molar-refractivity contribution >= 4 is 0 Å². The van der Waals surface area contributed by atoms with E-state index in [2.05, 4.69) is 13.8 Å². The highest BCUT2D eigenvalue weighted by atomic mass is 16.3. The van der Waals surface area contributed by atoms with Gasteiger partial charge in [-0.05, 0) is 12.8 Å². The quantitative estimate of drug-likeness (QED) is 0.379. The van der Waals surface area contributed by atoms with Crippen molar-refractivity contribution in [1.29, 1.82) is 0 Å². The molecular formula is C15H36O6. The van der Waals surface area contributed by atoms with Crippen LogP contribution in [0.4, 0.5) is 0 Å². The van der Waals surface area contributed by atoms with Gasteiger partial charge in [-0.1, -0.05) is 34.1 Å². The predicted molar refractivity (Wildman–Crippen MR) is 83.9 cm³/mol. The van der Waals surface area contributed by atoms with Crippen molar-refractivity contribution in [2.24, 2.45) is 10.8 Å². The highest BCUT2D eigenvalue weighted by Crippen LogP contribution is 2.18. The highest BCUT2D eigenvalue weighted by Gasteiger charge is 2.25. The molecule has 0 bridgehead atoms. The molecule has 6 N–H and O–H groups in total. The molecule has 0 saturated heterocycles. The van der Waals surface area contributed by atoms with Gasteiger partial charge in [-0.25, -0.2) is 0 Å². The van der Waals surface area contributed by atoms with Crippen LogP contribution in [0.15, 0.2) is 0 Å². The van der Waals surface area contributed by atoms with E-state index in [9.17, 15) is 0 Å². The highest BCUT2D eigenvalue weighted by molar-refractivity contribution is 4.74. The Bertz CT molecular complexity index is 136. The Morgan fingerprint density at radius 2 is 0.619 bits per heavy atom. The molecule has 21 heavy (non-hydrogen) atoms. The maximum Gasteiger partial charge on any atom is 0.0531 e. The average Bonchev–Trinajstić information content (AvgIpc) is 2.54. The van der Waals surface area contributed by atoms with Crippen LogP contribution in [0.3, 0.4) is 0 Å². The van der Waals surface area contributed by atoms with Crippen LogP contribution in [-0.4, -0.2) is 70.3 Å². The molecule has 0 aliphatic carbocycles. The van der Waals surface area contributed by atoms with E-state index in [1.54, 1.807) is 0 Å². The van der Waals surface area contributed by atoms with Gasteiger partial charge in [-0.3, -0.25) is 0 Å².